The lowest BCUT2D eigenvalue weighted by atomic mass is 10.1. The van der Waals surface area contributed by atoms with Crippen LogP contribution in [0.3, 0.4) is 0 Å². The Morgan fingerprint density at radius 2 is 1.61 bits per heavy atom. The molecule has 0 radical (unpaired) electrons. The van der Waals surface area contributed by atoms with Gasteiger partial charge in [0.15, 0.2) is 5.13 Å². The molecule has 0 aliphatic carbocycles. The van der Waals surface area contributed by atoms with Crippen molar-refractivity contribution in [2.24, 2.45) is 0 Å². The third-order valence-corrected chi connectivity index (χ3v) is 7.54. The van der Waals surface area contributed by atoms with Crippen LogP contribution in [-0.4, -0.2) is 28.1 Å². The van der Waals surface area contributed by atoms with Gasteiger partial charge < -0.3 is 20.5 Å². The van der Waals surface area contributed by atoms with Gasteiger partial charge in [0.1, 0.15) is 18.4 Å². The Morgan fingerprint density at radius 3 is 2.28 bits per heavy atom. The molecule has 2 amide bonds. The fourth-order valence-electron chi connectivity index (χ4n) is 3.35. The molecule has 3 N–H and O–H groups in total. The quantitative estimate of drug-likeness (QED) is 0.188. The highest BCUT2D eigenvalue weighted by atomic mass is 127. The summed E-state index contributed by atoms with van der Waals surface area (Å²) >= 11 is 5.38. The first-order valence-electron chi connectivity index (χ1n) is 10.8. The molecule has 0 fully saturated rings. The van der Waals surface area contributed by atoms with Gasteiger partial charge in [0.05, 0.1) is 12.8 Å². The Balaban J connectivity index is 1.49. The number of nitrogens with zero attached hydrogens (tertiary/aromatic N) is 1. The summed E-state index contributed by atoms with van der Waals surface area (Å²) in [6, 6.07) is 21.6. The number of thiazole rings is 1. The predicted molar refractivity (Wildman–Crippen MR) is 157 cm³/mol. The SMILES string of the molecule is O=C(N[C@H](Cc1cc(I)c(O)c(I)c1)C(=O)Nc1nc(-c2ccccc2)cs1)OCc1ccccc1. The lowest BCUT2D eigenvalue weighted by Crippen LogP contribution is -2.45. The average molecular weight is 725 g/mol. The van der Waals surface area contributed by atoms with Crippen molar-refractivity contribution in [2.45, 2.75) is 19.1 Å². The van der Waals surface area contributed by atoms with E-state index in [-0.39, 0.29) is 18.8 Å². The summed E-state index contributed by atoms with van der Waals surface area (Å²) < 4.78 is 6.66. The van der Waals surface area contributed by atoms with E-state index in [2.05, 4.69) is 15.6 Å². The number of alkyl carbamates (subject to hydrolysis) is 1. The number of nitrogens with one attached hydrogen (secondary N) is 2. The number of ether oxygens (including phenoxy) is 1. The summed E-state index contributed by atoms with van der Waals surface area (Å²) in [6.07, 6.45) is -0.499. The predicted octanol–water partition coefficient (Wildman–Crippen LogP) is 6.20. The maximum Gasteiger partial charge on any atom is 0.408 e. The zero-order valence-corrected chi connectivity index (χ0v) is 23.9. The van der Waals surface area contributed by atoms with Gasteiger partial charge in [0, 0.05) is 17.4 Å². The number of aromatic hydroxyl groups is 1. The van der Waals surface area contributed by atoms with Crippen LogP contribution in [0.15, 0.2) is 78.2 Å². The summed E-state index contributed by atoms with van der Waals surface area (Å²) in [7, 11) is 0. The molecule has 4 rings (SSSR count). The number of benzene rings is 3. The Bertz CT molecular complexity index is 1330. The highest BCUT2D eigenvalue weighted by Gasteiger charge is 2.24. The molecule has 0 aliphatic rings. The molecule has 1 atom stereocenters. The van der Waals surface area contributed by atoms with Crippen molar-refractivity contribution in [3.05, 3.63) is 96.4 Å². The van der Waals surface area contributed by atoms with Gasteiger partial charge in [0.2, 0.25) is 5.91 Å². The van der Waals surface area contributed by atoms with E-state index >= 15 is 0 Å². The van der Waals surface area contributed by atoms with Crippen LogP contribution in [-0.2, 0) is 22.6 Å². The minimum Gasteiger partial charge on any atom is -0.506 e. The van der Waals surface area contributed by atoms with Crippen molar-refractivity contribution < 1.29 is 19.4 Å². The molecule has 10 heteroatoms. The summed E-state index contributed by atoms with van der Waals surface area (Å²) in [5.74, 6) is -0.230. The van der Waals surface area contributed by atoms with Gasteiger partial charge in [-0.05, 0) is 68.4 Å². The van der Waals surface area contributed by atoms with E-state index < -0.39 is 18.0 Å². The van der Waals surface area contributed by atoms with Gasteiger partial charge in [-0.3, -0.25) is 4.79 Å². The van der Waals surface area contributed by atoms with Gasteiger partial charge in [-0.2, -0.15) is 0 Å². The Labute approximate surface area is 239 Å². The highest BCUT2D eigenvalue weighted by Crippen LogP contribution is 2.28. The Kier molecular flexibility index (Phi) is 9.15. The van der Waals surface area contributed by atoms with E-state index in [4.69, 9.17) is 4.74 Å². The maximum atomic E-state index is 13.2. The molecule has 0 saturated carbocycles. The summed E-state index contributed by atoms with van der Waals surface area (Å²) in [5, 5.41) is 17.9. The number of halogens is 2. The van der Waals surface area contributed by atoms with Crippen molar-refractivity contribution in [3.63, 3.8) is 0 Å². The van der Waals surface area contributed by atoms with Crippen molar-refractivity contribution >= 4 is 73.7 Å². The molecule has 1 aromatic heterocycles. The molecule has 36 heavy (non-hydrogen) atoms. The van der Waals surface area contributed by atoms with Crippen molar-refractivity contribution in [3.8, 4) is 17.0 Å². The normalized spacial score (nSPS) is 11.5. The smallest absolute Gasteiger partial charge is 0.408 e. The van der Waals surface area contributed by atoms with Gasteiger partial charge in [-0.15, -0.1) is 11.3 Å². The van der Waals surface area contributed by atoms with Gasteiger partial charge in [-0.1, -0.05) is 60.7 Å². The number of carbonyl (C=O) groups is 2. The molecule has 7 nitrogen and oxygen atoms in total. The number of hydrogen-bond donors (Lipinski definition) is 3. The lowest BCUT2D eigenvalue weighted by molar-refractivity contribution is -0.118. The Hall–Kier alpha value is -2.71. The fraction of sp³-hybridized carbons (Fsp3) is 0.115. The number of phenolic OH excluding ortho intramolecular Hbond substituents is 1. The zero-order valence-electron chi connectivity index (χ0n) is 18.8. The molecule has 0 bridgehead atoms. The van der Waals surface area contributed by atoms with Crippen molar-refractivity contribution in [1.82, 2.24) is 10.3 Å². The number of phenols is 1. The van der Waals surface area contributed by atoms with E-state index in [0.29, 0.717) is 12.3 Å². The molecule has 184 valence electrons. The third kappa shape index (κ3) is 7.17. The number of rotatable bonds is 8. The second kappa shape index (κ2) is 12.5. The van der Waals surface area contributed by atoms with E-state index in [9.17, 15) is 14.7 Å². The van der Waals surface area contributed by atoms with Crippen LogP contribution in [0.4, 0.5) is 9.93 Å². The number of amides is 2. The van der Waals surface area contributed by atoms with Crippen LogP contribution >= 0.6 is 56.5 Å². The second-order valence-electron chi connectivity index (χ2n) is 7.76. The highest BCUT2D eigenvalue weighted by molar-refractivity contribution is 14.1. The third-order valence-electron chi connectivity index (χ3n) is 5.14. The first-order chi connectivity index (χ1) is 17.4. The molecule has 0 aliphatic heterocycles. The van der Waals surface area contributed by atoms with E-state index in [1.165, 1.54) is 11.3 Å². The number of aromatic nitrogens is 1. The van der Waals surface area contributed by atoms with Crippen molar-refractivity contribution in [2.75, 3.05) is 5.32 Å². The van der Waals surface area contributed by atoms with Crippen LogP contribution in [0.25, 0.3) is 11.3 Å². The van der Waals surface area contributed by atoms with Gasteiger partial charge in [-0.25, -0.2) is 9.78 Å². The molecular weight excluding hydrogens is 704 g/mol. The number of anilines is 1. The van der Waals surface area contributed by atoms with Crippen LogP contribution in [0, 0.1) is 7.14 Å². The topological polar surface area (TPSA) is 101 Å². The standard InChI is InChI=1S/C26H21I2N3O4S/c27-19-11-17(12-20(28)23(19)32)13-21(30-26(34)35-14-16-7-3-1-4-8-16)24(33)31-25-29-22(15-36-25)18-9-5-2-6-10-18/h1-12,15,21,32H,13-14H2,(H,30,34)(H,29,31,33)/t21-/m1/s1. The van der Waals surface area contributed by atoms with Crippen LogP contribution in [0.5, 0.6) is 5.75 Å². The number of carbonyl (C=O) groups excluding carboxylic acids is 2. The van der Waals surface area contributed by atoms with Crippen LogP contribution in [0.2, 0.25) is 0 Å². The maximum absolute atomic E-state index is 13.2. The minimum absolute atomic E-state index is 0.0862. The monoisotopic (exact) mass is 725 g/mol. The lowest BCUT2D eigenvalue weighted by Gasteiger charge is -2.18. The zero-order chi connectivity index (χ0) is 25.5. The largest absolute Gasteiger partial charge is 0.506 e. The number of hydrogen-bond acceptors (Lipinski definition) is 6. The van der Waals surface area contributed by atoms with Crippen LogP contribution in [0.1, 0.15) is 11.1 Å². The first kappa shape index (κ1) is 26.4. The summed E-state index contributed by atoms with van der Waals surface area (Å²) in [6.45, 7) is 0.0862. The van der Waals surface area contributed by atoms with E-state index in [1.807, 2.05) is 111 Å². The fourth-order valence-corrected chi connectivity index (χ4v) is 5.97. The van der Waals surface area contributed by atoms with Gasteiger partial charge >= 0.3 is 6.09 Å². The summed E-state index contributed by atoms with van der Waals surface area (Å²) in [4.78, 5) is 30.3. The van der Waals surface area contributed by atoms with Crippen molar-refractivity contribution in [1.29, 1.82) is 0 Å². The second-order valence-corrected chi connectivity index (χ2v) is 10.9. The molecule has 0 spiro atoms. The first-order valence-corrected chi connectivity index (χ1v) is 13.9. The molecular formula is C26H21I2N3O4S. The Morgan fingerprint density at radius 1 is 0.972 bits per heavy atom. The minimum atomic E-state index is -0.923. The van der Waals surface area contributed by atoms with Crippen LogP contribution < -0.4 is 10.6 Å². The molecule has 3 aromatic carbocycles. The molecule has 0 unspecified atom stereocenters. The average Bonchev–Trinajstić information content (AvgIpc) is 3.35. The molecule has 1 heterocycles. The van der Waals surface area contributed by atoms with E-state index in [0.717, 1.165) is 22.4 Å². The molecule has 4 aromatic rings. The summed E-state index contributed by atoms with van der Waals surface area (Å²) in [5.41, 5.74) is 3.33. The van der Waals surface area contributed by atoms with E-state index in [1.54, 1.807) is 12.1 Å². The molecule has 0 saturated heterocycles. The van der Waals surface area contributed by atoms with Gasteiger partial charge in [0.25, 0.3) is 0 Å².